The van der Waals surface area contributed by atoms with Gasteiger partial charge in [0.2, 0.25) is 0 Å². The Morgan fingerprint density at radius 3 is 2.25 bits per heavy atom. The number of imidazole rings is 1. The maximum absolute atomic E-state index is 12.2. The number of hydrogen-bond donors (Lipinski definition) is 1. The topological polar surface area (TPSA) is 132 Å². The average molecular weight is 381 g/mol. The van der Waals surface area contributed by atoms with Crippen LogP contribution in [0.4, 0.5) is 0 Å². The van der Waals surface area contributed by atoms with Crippen molar-refractivity contribution in [1.82, 2.24) is 14.5 Å². The lowest BCUT2D eigenvalue weighted by molar-refractivity contribution is -0.134. The molecule has 1 N–H and O–H groups in total. The summed E-state index contributed by atoms with van der Waals surface area (Å²) in [6.07, 6.45) is 1.84. The van der Waals surface area contributed by atoms with Gasteiger partial charge in [-0.2, -0.15) is 10.5 Å². The first kappa shape index (κ1) is 20.5. The van der Waals surface area contributed by atoms with E-state index in [2.05, 4.69) is 4.98 Å². The van der Waals surface area contributed by atoms with Crippen LogP contribution in [0.1, 0.15) is 28.9 Å². The number of aryl methyl sites for hydroxylation is 1. The molecule has 9 heteroatoms. The fraction of sp³-hybridized carbons (Fsp3) is 0.316. The molecule has 0 saturated heterocycles. The number of nitrogens with zero attached hydrogens (tertiary/aromatic N) is 4. The highest BCUT2D eigenvalue weighted by Gasteiger charge is 2.16. The molecule has 0 fully saturated rings. The van der Waals surface area contributed by atoms with Crippen LogP contribution in [0, 0.1) is 29.6 Å². The highest BCUT2D eigenvalue weighted by Crippen LogP contribution is 2.11. The van der Waals surface area contributed by atoms with E-state index in [1.807, 2.05) is 12.1 Å². The zero-order valence-corrected chi connectivity index (χ0v) is 15.3. The van der Waals surface area contributed by atoms with E-state index >= 15 is 0 Å². The largest absolute Gasteiger partial charge is 0.452 e. The molecular formula is C19H19N5O4. The lowest BCUT2D eigenvalue weighted by Crippen LogP contribution is -2.36. The molecule has 28 heavy (non-hydrogen) atoms. The number of carbonyl (C=O) groups excluding carboxylic acids is 2. The van der Waals surface area contributed by atoms with Gasteiger partial charge < -0.3 is 14.6 Å². The Bertz CT molecular complexity index is 957. The second-order valence-corrected chi connectivity index (χ2v) is 5.89. The molecule has 0 spiro atoms. The number of H-pyrrole nitrogens is 1. The van der Waals surface area contributed by atoms with Crippen molar-refractivity contribution in [3.8, 4) is 17.8 Å². The number of aromatic nitrogens is 2. The first-order valence-electron chi connectivity index (χ1n) is 8.54. The van der Waals surface area contributed by atoms with Crippen LogP contribution in [0.5, 0.6) is 0 Å². The van der Waals surface area contributed by atoms with E-state index in [9.17, 15) is 14.4 Å². The monoisotopic (exact) mass is 381 g/mol. The zero-order valence-electron chi connectivity index (χ0n) is 15.3. The molecule has 1 heterocycles. The molecule has 0 aliphatic carbocycles. The van der Waals surface area contributed by atoms with E-state index in [1.165, 1.54) is 21.6 Å². The van der Waals surface area contributed by atoms with Gasteiger partial charge >= 0.3 is 11.7 Å². The number of carbonyl (C=O) groups is 2. The number of nitriles is 2. The van der Waals surface area contributed by atoms with Crippen molar-refractivity contribution in [2.45, 2.75) is 19.8 Å². The molecule has 144 valence electrons. The lowest BCUT2D eigenvalue weighted by Gasteiger charge is -2.20. The van der Waals surface area contributed by atoms with E-state index in [0.29, 0.717) is 5.69 Å². The third-order valence-electron chi connectivity index (χ3n) is 3.99. The molecule has 1 amide bonds. The van der Waals surface area contributed by atoms with Crippen molar-refractivity contribution >= 4 is 11.9 Å². The predicted octanol–water partition coefficient (Wildman–Crippen LogP) is 1.29. The number of amides is 1. The summed E-state index contributed by atoms with van der Waals surface area (Å²) in [7, 11) is 0. The molecule has 1 aromatic carbocycles. The minimum absolute atomic E-state index is 0.129. The molecule has 0 unspecified atom stereocenters. The normalized spacial score (nSPS) is 9.96. The van der Waals surface area contributed by atoms with Gasteiger partial charge in [-0.3, -0.25) is 9.36 Å². The maximum atomic E-state index is 12.2. The van der Waals surface area contributed by atoms with Crippen LogP contribution < -0.4 is 5.69 Å². The van der Waals surface area contributed by atoms with E-state index in [1.54, 1.807) is 25.3 Å². The van der Waals surface area contributed by atoms with Crippen molar-refractivity contribution in [3.63, 3.8) is 0 Å². The molecule has 0 aliphatic heterocycles. The van der Waals surface area contributed by atoms with Gasteiger partial charge in [-0.25, -0.2) is 9.59 Å². The number of esters is 1. The Kier molecular flexibility index (Phi) is 7.12. The highest BCUT2D eigenvalue weighted by atomic mass is 16.5. The number of hydrogen-bond acceptors (Lipinski definition) is 6. The van der Waals surface area contributed by atoms with Crippen molar-refractivity contribution in [1.29, 1.82) is 10.5 Å². The molecule has 0 bridgehead atoms. The van der Waals surface area contributed by atoms with Gasteiger partial charge in [0, 0.05) is 25.0 Å². The first-order chi connectivity index (χ1) is 13.5. The van der Waals surface area contributed by atoms with Crippen LogP contribution in [-0.2, 0) is 9.53 Å². The quantitative estimate of drug-likeness (QED) is 0.685. The van der Waals surface area contributed by atoms with Gasteiger partial charge in [0.1, 0.15) is 0 Å². The number of rotatable bonds is 8. The summed E-state index contributed by atoms with van der Waals surface area (Å²) in [6.45, 7) is 1.64. The smallest absolute Gasteiger partial charge is 0.338 e. The molecule has 0 radical (unpaired) electrons. The van der Waals surface area contributed by atoms with Crippen molar-refractivity contribution in [3.05, 3.63) is 52.2 Å². The van der Waals surface area contributed by atoms with Crippen molar-refractivity contribution < 1.29 is 14.3 Å². The van der Waals surface area contributed by atoms with Crippen LogP contribution >= 0.6 is 0 Å². The van der Waals surface area contributed by atoms with E-state index in [4.69, 9.17) is 15.3 Å². The molecule has 0 saturated carbocycles. The maximum Gasteiger partial charge on any atom is 0.338 e. The molecular weight excluding hydrogens is 362 g/mol. The third-order valence-corrected chi connectivity index (χ3v) is 3.99. The van der Waals surface area contributed by atoms with Crippen molar-refractivity contribution in [2.24, 2.45) is 0 Å². The molecule has 2 rings (SSSR count). The molecule has 0 atom stereocenters. The van der Waals surface area contributed by atoms with Gasteiger partial charge in [-0.1, -0.05) is 0 Å². The van der Waals surface area contributed by atoms with Crippen LogP contribution in [0.15, 0.2) is 35.3 Å². The van der Waals surface area contributed by atoms with Gasteiger partial charge in [-0.15, -0.1) is 0 Å². The minimum Gasteiger partial charge on any atom is -0.452 e. The van der Waals surface area contributed by atoms with Crippen LogP contribution in [-0.4, -0.2) is 46.0 Å². The Balaban J connectivity index is 1.99. The number of aromatic amines is 1. The van der Waals surface area contributed by atoms with Crippen molar-refractivity contribution in [2.75, 3.05) is 19.7 Å². The Morgan fingerprint density at radius 2 is 1.75 bits per heavy atom. The minimum atomic E-state index is -0.682. The zero-order chi connectivity index (χ0) is 20.5. The number of ether oxygens (including phenoxy) is 1. The second-order valence-electron chi connectivity index (χ2n) is 5.89. The van der Waals surface area contributed by atoms with Gasteiger partial charge in [0.15, 0.2) is 6.61 Å². The number of nitrogens with one attached hydrogen (secondary N) is 1. The number of benzene rings is 1. The summed E-state index contributed by atoms with van der Waals surface area (Å²) < 4.78 is 6.50. The van der Waals surface area contributed by atoms with E-state index in [0.717, 1.165) is 5.69 Å². The summed E-state index contributed by atoms with van der Waals surface area (Å²) in [5.74, 6) is -1.15. The first-order valence-corrected chi connectivity index (χ1v) is 8.54. The van der Waals surface area contributed by atoms with E-state index in [-0.39, 0.29) is 37.2 Å². The van der Waals surface area contributed by atoms with Gasteiger partial charge in [-0.05, 0) is 31.2 Å². The summed E-state index contributed by atoms with van der Waals surface area (Å²) in [5, 5.41) is 17.3. The summed E-state index contributed by atoms with van der Waals surface area (Å²) in [4.78, 5) is 40.0. The average Bonchev–Trinajstić information content (AvgIpc) is 3.04. The molecule has 9 nitrogen and oxygen atoms in total. The fourth-order valence-electron chi connectivity index (χ4n) is 2.56. The standard InChI is InChI=1S/C19H19N5O4/c1-14-12-22-19(27)24(14)16-6-4-15(5-7-16)18(26)28-13-17(25)23(10-2-8-20)11-3-9-21/h4-7,12H,2-3,10-11,13H2,1H3,(H,22,27). The van der Waals surface area contributed by atoms with E-state index < -0.39 is 18.5 Å². The fourth-order valence-corrected chi connectivity index (χ4v) is 2.56. The Morgan fingerprint density at radius 1 is 1.14 bits per heavy atom. The summed E-state index contributed by atoms with van der Waals surface area (Å²) >= 11 is 0. The molecule has 2 aromatic rings. The summed E-state index contributed by atoms with van der Waals surface area (Å²) in [6, 6.07) is 10.1. The highest BCUT2D eigenvalue weighted by molar-refractivity contribution is 5.91. The Labute approximate surface area is 161 Å². The van der Waals surface area contributed by atoms with Crippen LogP contribution in [0.25, 0.3) is 5.69 Å². The Hall–Kier alpha value is -3.85. The molecule has 1 aromatic heterocycles. The summed E-state index contributed by atoms with van der Waals surface area (Å²) in [5.41, 5.74) is 1.27. The van der Waals surface area contributed by atoms with Crippen LogP contribution in [0.3, 0.4) is 0 Å². The van der Waals surface area contributed by atoms with Crippen LogP contribution in [0.2, 0.25) is 0 Å². The molecule has 0 aliphatic rings. The van der Waals surface area contributed by atoms with Gasteiger partial charge in [0.25, 0.3) is 5.91 Å². The van der Waals surface area contributed by atoms with Gasteiger partial charge in [0.05, 0.1) is 36.2 Å². The lowest BCUT2D eigenvalue weighted by atomic mass is 10.2. The second kappa shape index (κ2) is 9.74. The predicted molar refractivity (Wildman–Crippen MR) is 98.4 cm³/mol. The SMILES string of the molecule is Cc1c[nH]c(=O)n1-c1ccc(C(=O)OCC(=O)N(CCC#N)CCC#N)cc1. The third kappa shape index (κ3) is 5.08.